The van der Waals surface area contributed by atoms with Gasteiger partial charge in [-0.15, -0.1) is 0 Å². The number of pyridine rings is 1. The van der Waals surface area contributed by atoms with Crippen LogP contribution in [0.3, 0.4) is 0 Å². The van der Waals surface area contributed by atoms with Crippen LogP contribution in [0.25, 0.3) is 0 Å². The average Bonchev–Trinajstić information content (AvgIpc) is 2.19. The first kappa shape index (κ1) is 15.4. The van der Waals surface area contributed by atoms with E-state index in [9.17, 15) is 9.59 Å². The van der Waals surface area contributed by atoms with Gasteiger partial charge in [-0.05, 0) is 49.7 Å². The van der Waals surface area contributed by atoms with Crippen LogP contribution in [0.1, 0.15) is 36.8 Å². The molecule has 7 heteroatoms. The van der Waals surface area contributed by atoms with E-state index < -0.39 is 17.7 Å². The monoisotopic (exact) mass is 330 g/mol. The smallest absolute Gasteiger partial charge is 0.413 e. The molecule has 1 aromatic rings. The number of rotatable bonds is 2. The van der Waals surface area contributed by atoms with Gasteiger partial charge in [-0.1, -0.05) is 0 Å². The van der Waals surface area contributed by atoms with E-state index >= 15 is 0 Å². The van der Waals surface area contributed by atoms with E-state index in [0.29, 0.717) is 10.2 Å². The summed E-state index contributed by atoms with van der Waals surface area (Å²) < 4.78 is 5.46. The number of ether oxygens (including phenoxy) is 1. The fourth-order valence-electron chi connectivity index (χ4n) is 1.29. The Morgan fingerprint density at radius 3 is 2.47 bits per heavy atom. The maximum absolute atomic E-state index is 11.6. The SMILES string of the molecule is Cc1nc(NC(=O)OC(C)(C)C)c(Br)cc1C(=O)O. The number of aromatic carboxylic acids is 1. The van der Waals surface area contributed by atoms with Gasteiger partial charge >= 0.3 is 12.1 Å². The molecule has 0 radical (unpaired) electrons. The Bertz CT molecular complexity index is 523. The van der Waals surface area contributed by atoms with Crippen molar-refractivity contribution in [1.29, 1.82) is 0 Å². The standard InChI is InChI=1S/C12H15BrN2O4/c1-6-7(10(16)17)5-8(13)9(14-6)15-11(18)19-12(2,3)4/h5H,1-4H3,(H,16,17)(H,14,15,18). The minimum absolute atomic E-state index is 0.0709. The number of aromatic nitrogens is 1. The van der Waals surface area contributed by atoms with E-state index in [1.807, 2.05) is 0 Å². The number of carboxylic acid groups (broad SMARTS) is 1. The van der Waals surface area contributed by atoms with Gasteiger partial charge in [0, 0.05) is 0 Å². The predicted molar refractivity (Wildman–Crippen MR) is 73.5 cm³/mol. The van der Waals surface area contributed by atoms with E-state index in [1.54, 1.807) is 27.7 Å². The number of amides is 1. The number of carbonyl (C=O) groups excluding carboxylic acids is 1. The molecule has 1 heterocycles. The van der Waals surface area contributed by atoms with Crippen molar-refractivity contribution >= 4 is 33.8 Å². The molecule has 2 N–H and O–H groups in total. The summed E-state index contributed by atoms with van der Waals surface area (Å²) in [5, 5.41) is 11.4. The van der Waals surface area contributed by atoms with Crippen molar-refractivity contribution in [1.82, 2.24) is 4.98 Å². The topological polar surface area (TPSA) is 88.5 Å². The second kappa shape index (κ2) is 5.56. The van der Waals surface area contributed by atoms with Gasteiger partial charge in [-0.2, -0.15) is 0 Å². The lowest BCUT2D eigenvalue weighted by Gasteiger charge is -2.19. The number of carbonyl (C=O) groups is 2. The van der Waals surface area contributed by atoms with Gasteiger partial charge < -0.3 is 9.84 Å². The quantitative estimate of drug-likeness (QED) is 0.869. The number of hydrogen-bond acceptors (Lipinski definition) is 4. The number of carboxylic acids is 1. The molecule has 0 aliphatic rings. The molecule has 0 aliphatic heterocycles. The minimum Gasteiger partial charge on any atom is -0.478 e. The van der Waals surface area contributed by atoms with Crippen molar-refractivity contribution in [3.05, 3.63) is 21.8 Å². The lowest BCUT2D eigenvalue weighted by molar-refractivity contribution is 0.0634. The molecular weight excluding hydrogens is 316 g/mol. The minimum atomic E-state index is -1.07. The Hall–Kier alpha value is -1.63. The fraction of sp³-hybridized carbons (Fsp3) is 0.417. The maximum atomic E-state index is 11.6. The van der Waals surface area contributed by atoms with Gasteiger partial charge in [-0.25, -0.2) is 14.6 Å². The Morgan fingerprint density at radius 2 is 2.00 bits per heavy atom. The highest BCUT2D eigenvalue weighted by atomic mass is 79.9. The third-order valence-corrected chi connectivity index (χ3v) is 2.62. The highest BCUT2D eigenvalue weighted by molar-refractivity contribution is 9.10. The van der Waals surface area contributed by atoms with E-state index in [1.165, 1.54) is 6.07 Å². The highest BCUT2D eigenvalue weighted by Crippen LogP contribution is 2.24. The van der Waals surface area contributed by atoms with Crippen LogP contribution < -0.4 is 5.32 Å². The summed E-state index contributed by atoms with van der Waals surface area (Å²) in [5.41, 5.74) is -0.240. The molecule has 1 rings (SSSR count). The van der Waals surface area contributed by atoms with Crippen molar-refractivity contribution < 1.29 is 19.4 Å². The zero-order valence-electron chi connectivity index (χ0n) is 11.1. The molecule has 0 unspecified atom stereocenters. The Kier molecular flexibility index (Phi) is 4.52. The number of nitrogens with one attached hydrogen (secondary N) is 1. The zero-order valence-corrected chi connectivity index (χ0v) is 12.7. The van der Waals surface area contributed by atoms with Crippen LogP contribution in [-0.2, 0) is 4.74 Å². The molecule has 0 saturated carbocycles. The highest BCUT2D eigenvalue weighted by Gasteiger charge is 2.19. The second-order valence-corrected chi connectivity index (χ2v) is 5.74. The largest absolute Gasteiger partial charge is 0.478 e. The Labute approximate surface area is 119 Å². The summed E-state index contributed by atoms with van der Waals surface area (Å²) in [7, 11) is 0. The summed E-state index contributed by atoms with van der Waals surface area (Å²) in [6, 6.07) is 1.39. The van der Waals surface area contributed by atoms with Crippen LogP contribution >= 0.6 is 15.9 Å². The van der Waals surface area contributed by atoms with Gasteiger partial charge in [0.05, 0.1) is 15.7 Å². The summed E-state index contributed by atoms with van der Waals surface area (Å²) in [6.45, 7) is 6.78. The van der Waals surface area contributed by atoms with Crippen molar-refractivity contribution in [2.75, 3.05) is 5.32 Å². The maximum Gasteiger partial charge on any atom is 0.413 e. The van der Waals surface area contributed by atoms with Gasteiger partial charge in [0.2, 0.25) is 0 Å². The normalized spacial score (nSPS) is 11.0. The number of nitrogens with zero attached hydrogens (tertiary/aromatic N) is 1. The molecule has 1 aromatic heterocycles. The number of aryl methyl sites for hydroxylation is 1. The van der Waals surface area contributed by atoms with Crippen LogP contribution in [0.5, 0.6) is 0 Å². The molecule has 104 valence electrons. The molecule has 6 nitrogen and oxygen atoms in total. The van der Waals surface area contributed by atoms with Crippen molar-refractivity contribution in [2.45, 2.75) is 33.3 Å². The number of halogens is 1. The summed E-state index contributed by atoms with van der Waals surface area (Å²) in [6.07, 6.45) is -0.650. The Morgan fingerprint density at radius 1 is 1.42 bits per heavy atom. The first-order valence-electron chi connectivity index (χ1n) is 5.50. The molecule has 0 spiro atoms. The van der Waals surface area contributed by atoms with E-state index in [0.717, 1.165) is 0 Å². The average molecular weight is 331 g/mol. The van der Waals surface area contributed by atoms with E-state index in [4.69, 9.17) is 9.84 Å². The van der Waals surface area contributed by atoms with E-state index in [2.05, 4.69) is 26.2 Å². The first-order valence-corrected chi connectivity index (χ1v) is 6.30. The third kappa shape index (κ3) is 4.51. The Balaban J connectivity index is 2.95. The fourth-order valence-corrected chi connectivity index (χ4v) is 1.70. The molecule has 19 heavy (non-hydrogen) atoms. The molecule has 0 bridgehead atoms. The molecule has 0 aliphatic carbocycles. The third-order valence-electron chi connectivity index (χ3n) is 2.02. The van der Waals surface area contributed by atoms with Crippen molar-refractivity contribution in [2.24, 2.45) is 0 Å². The van der Waals surface area contributed by atoms with Crippen LogP contribution in [-0.4, -0.2) is 27.8 Å². The molecule has 0 atom stereocenters. The van der Waals surface area contributed by atoms with Crippen LogP contribution in [0.4, 0.5) is 10.6 Å². The van der Waals surface area contributed by atoms with Gasteiger partial charge in [-0.3, -0.25) is 5.32 Å². The number of anilines is 1. The van der Waals surface area contributed by atoms with E-state index in [-0.39, 0.29) is 11.4 Å². The van der Waals surface area contributed by atoms with Gasteiger partial charge in [0.15, 0.2) is 0 Å². The van der Waals surface area contributed by atoms with Crippen LogP contribution in [0.15, 0.2) is 10.5 Å². The van der Waals surface area contributed by atoms with Crippen LogP contribution in [0, 0.1) is 6.92 Å². The summed E-state index contributed by atoms with van der Waals surface area (Å²) >= 11 is 3.16. The molecule has 0 fully saturated rings. The predicted octanol–water partition coefficient (Wildman–Crippen LogP) is 3.20. The molecule has 0 saturated heterocycles. The summed E-state index contributed by atoms with van der Waals surface area (Å²) in [5.74, 6) is -0.855. The lowest BCUT2D eigenvalue weighted by atomic mass is 10.2. The molecular formula is C12H15BrN2O4. The van der Waals surface area contributed by atoms with Crippen molar-refractivity contribution in [3.63, 3.8) is 0 Å². The number of hydrogen-bond donors (Lipinski definition) is 2. The second-order valence-electron chi connectivity index (χ2n) is 4.88. The lowest BCUT2D eigenvalue weighted by Crippen LogP contribution is -2.27. The van der Waals surface area contributed by atoms with Crippen molar-refractivity contribution in [3.8, 4) is 0 Å². The van der Waals surface area contributed by atoms with Gasteiger partial charge in [0.1, 0.15) is 11.4 Å². The molecule has 1 amide bonds. The van der Waals surface area contributed by atoms with Crippen LogP contribution in [0.2, 0.25) is 0 Å². The first-order chi connectivity index (χ1) is 8.60. The zero-order chi connectivity index (χ0) is 14.8. The van der Waals surface area contributed by atoms with Gasteiger partial charge in [0.25, 0.3) is 0 Å². The molecule has 0 aromatic carbocycles. The summed E-state index contributed by atoms with van der Waals surface area (Å²) in [4.78, 5) is 26.5.